The maximum Gasteiger partial charge on any atom is 0.236 e. The van der Waals surface area contributed by atoms with Gasteiger partial charge in [-0.05, 0) is 37.3 Å². The Labute approximate surface area is 153 Å². The molecule has 0 spiro atoms. The Hall–Kier alpha value is -1.44. The van der Waals surface area contributed by atoms with Crippen molar-refractivity contribution in [3.05, 3.63) is 21.9 Å². The first-order valence-electron chi connectivity index (χ1n) is 9.08. The molecule has 0 aliphatic carbocycles. The van der Waals surface area contributed by atoms with E-state index in [1.54, 1.807) is 0 Å². The van der Waals surface area contributed by atoms with Crippen molar-refractivity contribution in [1.82, 2.24) is 20.0 Å². The molecule has 0 aromatic carbocycles. The fraction of sp³-hybridized carbons (Fsp3) is 0.667. The van der Waals surface area contributed by atoms with Crippen LogP contribution in [0.4, 0.5) is 0 Å². The first-order chi connectivity index (χ1) is 12.0. The van der Waals surface area contributed by atoms with Crippen LogP contribution in [0.1, 0.15) is 24.3 Å². The van der Waals surface area contributed by atoms with Crippen molar-refractivity contribution >= 4 is 23.2 Å². The molecule has 0 unspecified atom stereocenters. The summed E-state index contributed by atoms with van der Waals surface area (Å²) in [7, 11) is 0. The number of nitrogens with one attached hydrogen (secondary N) is 1. The van der Waals surface area contributed by atoms with Crippen LogP contribution in [0.2, 0.25) is 0 Å². The lowest BCUT2D eigenvalue weighted by Gasteiger charge is -2.36. The number of carbonyl (C=O) groups is 2. The fourth-order valence-electron chi connectivity index (χ4n) is 3.46. The molecule has 3 heterocycles. The van der Waals surface area contributed by atoms with E-state index in [1.807, 2.05) is 30.1 Å². The molecule has 0 radical (unpaired) electrons. The summed E-state index contributed by atoms with van der Waals surface area (Å²) >= 11 is 1.82. The molecular weight excluding hydrogens is 336 g/mol. The third kappa shape index (κ3) is 5.03. The predicted octanol–water partition coefficient (Wildman–Crippen LogP) is 0.775. The highest BCUT2D eigenvalue weighted by Gasteiger charge is 2.25. The standard InChI is InChI=1S/C18H28N4O2S/c1-14(2)19-17(23)12-20-6-8-22(9-7-20)18(24)13-21-5-3-16-15(11-21)4-10-25-16/h4,10,14H,3,5-9,11-13H2,1-2H3,(H,19,23). The van der Waals surface area contributed by atoms with Gasteiger partial charge in [-0.1, -0.05) is 0 Å². The summed E-state index contributed by atoms with van der Waals surface area (Å²) in [4.78, 5) is 32.2. The van der Waals surface area contributed by atoms with Crippen LogP contribution in [0.3, 0.4) is 0 Å². The number of amides is 2. The minimum absolute atomic E-state index is 0.0645. The van der Waals surface area contributed by atoms with E-state index >= 15 is 0 Å². The van der Waals surface area contributed by atoms with Crippen LogP contribution in [0.25, 0.3) is 0 Å². The van der Waals surface area contributed by atoms with E-state index in [2.05, 4.69) is 26.6 Å². The number of hydrogen-bond donors (Lipinski definition) is 1. The topological polar surface area (TPSA) is 55.9 Å². The molecule has 2 aliphatic heterocycles. The molecule has 1 aromatic rings. The lowest BCUT2D eigenvalue weighted by molar-refractivity contribution is -0.134. The summed E-state index contributed by atoms with van der Waals surface area (Å²) in [5.74, 6) is 0.277. The average molecular weight is 365 g/mol. The van der Waals surface area contributed by atoms with E-state index in [9.17, 15) is 9.59 Å². The molecule has 138 valence electrons. The molecular formula is C18H28N4O2S. The largest absolute Gasteiger partial charge is 0.353 e. The first-order valence-corrected chi connectivity index (χ1v) is 9.96. The second-order valence-electron chi connectivity index (χ2n) is 7.21. The normalized spacial score (nSPS) is 19.1. The van der Waals surface area contributed by atoms with Gasteiger partial charge < -0.3 is 10.2 Å². The number of thiophene rings is 1. The second kappa shape index (κ2) is 8.29. The first kappa shape index (κ1) is 18.4. The molecule has 2 amide bonds. The van der Waals surface area contributed by atoms with Crippen molar-refractivity contribution in [2.45, 2.75) is 32.9 Å². The minimum Gasteiger partial charge on any atom is -0.353 e. The van der Waals surface area contributed by atoms with Gasteiger partial charge in [0.25, 0.3) is 0 Å². The number of piperazine rings is 1. The third-order valence-electron chi connectivity index (χ3n) is 4.79. The Morgan fingerprint density at radius 3 is 2.60 bits per heavy atom. The summed E-state index contributed by atoms with van der Waals surface area (Å²) in [6.45, 7) is 9.68. The van der Waals surface area contributed by atoms with Gasteiger partial charge in [0.2, 0.25) is 11.8 Å². The zero-order valence-corrected chi connectivity index (χ0v) is 16.0. The van der Waals surface area contributed by atoms with Crippen LogP contribution >= 0.6 is 11.3 Å². The number of hydrogen-bond acceptors (Lipinski definition) is 5. The summed E-state index contributed by atoms with van der Waals surface area (Å²) in [5.41, 5.74) is 1.38. The van der Waals surface area contributed by atoms with Gasteiger partial charge in [0.05, 0.1) is 13.1 Å². The van der Waals surface area contributed by atoms with Crippen molar-refractivity contribution in [2.75, 3.05) is 45.8 Å². The molecule has 1 aromatic heterocycles. The van der Waals surface area contributed by atoms with E-state index in [0.29, 0.717) is 26.2 Å². The van der Waals surface area contributed by atoms with Gasteiger partial charge in [0.1, 0.15) is 0 Å². The van der Waals surface area contributed by atoms with Gasteiger partial charge in [-0.25, -0.2) is 0 Å². The van der Waals surface area contributed by atoms with Crippen molar-refractivity contribution in [1.29, 1.82) is 0 Å². The smallest absolute Gasteiger partial charge is 0.236 e. The Balaban J connectivity index is 1.41. The summed E-state index contributed by atoms with van der Waals surface area (Å²) in [6, 6.07) is 2.35. The molecule has 0 atom stereocenters. The van der Waals surface area contributed by atoms with Gasteiger partial charge in [0, 0.05) is 50.2 Å². The third-order valence-corrected chi connectivity index (χ3v) is 5.81. The van der Waals surface area contributed by atoms with Crippen molar-refractivity contribution in [3.63, 3.8) is 0 Å². The highest BCUT2D eigenvalue weighted by atomic mass is 32.1. The molecule has 1 N–H and O–H groups in total. The van der Waals surface area contributed by atoms with Crippen LogP contribution in [-0.4, -0.2) is 78.4 Å². The molecule has 1 saturated heterocycles. The Bertz CT molecular complexity index is 608. The monoisotopic (exact) mass is 364 g/mol. The minimum atomic E-state index is 0.0645. The quantitative estimate of drug-likeness (QED) is 0.839. The molecule has 0 saturated carbocycles. The molecule has 2 aliphatic rings. The lowest BCUT2D eigenvalue weighted by atomic mass is 10.1. The Morgan fingerprint density at radius 2 is 1.88 bits per heavy atom. The SMILES string of the molecule is CC(C)NC(=O)CN1CCN(C(=O)CN2CCc3sccc3C2)CC1. The van der Waals surface area contributed by atoms with E-state index in [-0.39, 0.29) is 17.9 Å². The van der Waals surface area contributed by atoms with Gasteiger partial charge >= 0.3 is 0 Å². The molecule has 0 bridgehead atoms. The van der Waals surface area contributed by atoms with Gasteiger partial charge in [-0.15, -0.1) is 11.3 Å². The van der Waals surface area contributed by atoms with Gasteiger partial charge in [-0.2, -0.15) is 0 Å². The zero-order chi connectivity index (χ0) is 17.8. The second-order valence-corrected chi connectivity index (χ2v) is 8.21. The molecule has 7 heteroatoms. The van der Waals surface area contributed by atoms with E-state index in [4.69, 9.17) is 0 Å². The van der Waals surface area contributed by atoms with Crippen molar-refractivity contribution in [2.24, 2.45) is 0 Å². The lowest BCUT2D eigenvalue weighted by Crippen LogP contribution is -2.53. The fourth-order valence-corrected chi connectivity index (χ4v) is 4.35. The van der Waals surface area contributed by atoms with Crippen molar-refractivity contribution in [3.8, 4) is 0 Å². The zero-order valence-electron chi connectivity index (χ0n) is 15.2. The van der Waals surface area contributed by atoms with Crippen LogP contribution in [0, 0.1) is 0 Å². The number of carbonyl (C=O) groups excluding carboxylic acids is 2. The molecule has 3 rings (SSSR count). The number of nitrogens with zero attached hydrogens (tertiary/aromatic N) is 3. The summed E-state index contributed by atoms with van der Waals surface area (Å²) in [5, 5.41) is 5.06. The van der Waals surface area contributed by atoms with Crippen LogP contribution in [-0.2, 0) is 22.6 Å². The molecule has 6 nitrogen and oxygen atoms in total. The van der Waals surface area contributed by atoms with Gasteiger partial charge in [0.15, 0.2) is 0 Å². The Morgan fingerprint density at radius 1 is 1.12 bits per heavy atom. The average Bonchev–Trinajstić information content (AvgIpc) is 3.02. The van der Waals surface area contributed by atoms with Crippen molar-refractivity contribution < 1.29 is 9.59 Å². The predicted molar refractivity (Wildman–Crippen MR) is 99.6 cm³/mol. The van der Waals surface area contributed by atoms with Crippen LogP contribution in [0.15, 0.2) is 11.4 Å². The van der Waals surface area contributed by atoms with Crippen LogP contribution < -0.4 is 5.32 Å². The summed E-state index contributed by atoms with van der Waals surface area (Å²) < 4.78 is 0. The highest BCUT2D eigenvalue weighted by Crippen LogP contribution is 2.23. The van der Waals surface area contributed by atoms with E-state index < -0.39 is 0 Å². The van der Waals surface area contributed by atoms with Crippen LogP contribution in [0.5, 0.6) is 0 Å². The van der Waals surface area contributed by atoms with E-state index in [1.165, 1.54) is 10.4 Å². The number of rotatable bonds is 5. The van der Waals surface area contributed by atoms with Gasteiger partial charge in [-0.3, -0.25) is 19.4 Å². The maximum atomic E-state index is 12.6. The Kier molecular flexibility index (Phi) is 6.09. The maximum absolute atomic E-state index is 12.6. The molecule has 1 fully saturated rings. The highest BCUT2D eigenvalue weighted by molar-refractivity contribution is 7.10. The molecule has 25 heavy (non-hydrogen) atoms. The summed E-state index contributed by atoms with van der Waals surface area (Å²) in [6.07, 6.45) is 1.05. The van der Waals surface area contributed by atoms with E-state index in [0.717, 1.165) is 32.6 Å². The number of fused-ring (bicyclic) bond motifs is 1.